The zero-order valence-corrected chi connectivity index (χ0v) is 11.4. The van der Waals surface area contributed by atoms with Gasteiger partial charge in [0.15, 0.2) is 5.78 Å². The average molecular weight is 283 g/mol. The smallest absolute Gasteiger partial charge is 0.182 e. The molecule has 0 aliphatic heterocycles. The molecule has 0 aliphatic carbocycles. The molecule has 1 nitrogen and oxygen atoms in total. The number of thiophene rings is 1. The Morgan fingerprint density at radius 1 is 1.18 bits per heavy atom. The first-order valence-corrected chi connectivity index (χ1v) is 7.51. The molecule has 2 aromatic rings. The summed E-state index contributed by atoms with van der Waals surface area (Å²) < 4.78 is 0.668. The molecule has 4 heteroatoms. The van der Waals surface area contributed by atoms with Gasteiger partial charge in [0.2, 0.25) is 0 Å². The van der Waals surface area contributed by atoms with Gasteiger partial charge in [-0.15, -0.1) is 23.1 Å². The first-order valence-electron chi connectivity index (χ1n) is 5.16. The minimum absolute atomic E-state index is 0.155. The third-order valence-electron chi connectivity index (χ3n) is 2.19. The molecule has 1 aromatic carbocycles. The summed E-state index contributed by atoms with van der Waals surface area (Å²) in [6, 6.07) is 13.7. The van der Waals surface area contributed by atoms with Crippen LogP contribution in [-0.2, 0) is 5.75 Å². The van der Waals surface area contributed by atoms with E-state index < -0.39 is 0 Å². The highest BCUT2D eigenvalue weighted by atomic mass is 35.5. The fraction of sp³-hybridized carbons (Fsp3) is 0.154. The topological polar surface area (TPSA) is 17.1 Å². The molecule has 0 bridgehead atoms. The van der Waals surface area contributed by atoms with Crippen molar-refractivity contribution in [2.45, 2.75) is 5.75 Å². The van der Waals surface area contributed by atoms with Gasteiger partial charge in [0.05, 0.1) is 15.0 Å². The number of thioether (sulfide) groups is 1. The van der Waals surface area contributed by atoms with Crippen molar-refractivity contribution in [3.05, 3.63) is 57.2 Å². The number of hydrogen-bond donors (Lipinski definition) is 0. The van der Waals surface area contributed by atoms with Crippen LogP contribution in [0.1, 0.15) is 15.2 Å². The number of carbonyl (C=O) groups is 1. The van der Waals surface area contributed by atoms with E-state index in [1.54, 1.807) is 23.9 Å². The van der Waals surface area contributed by atoms with Crippen molar-refractivity contribution in [2.24, 2.45) is 0 Å². The highest BCUT2D eigenvalue weighted by molar-refractivity contribution is 7.99. The first kappa shape index (κ1) is 12.7. The van der Waals surface area contributed by atoms with E-state index in [9.17, 15) is 4.79 Å². The maximum atomic E-state index is 11.8. The van der Waals surface area contributed by atoms with E-state index in [4.69, 9.17) is 11.6 Å². The maximum Gasteiger partial charge on any atom is 0.182 e. The number of ketones is 1. The van der Waals surface area contributed by atoms with Gasteiger partial charge in [-0.1, -0.05) is 41.9 Å². The van der Waals surface area contributed by atoms with Crippen LogP contribution in [0, 0.1) is 0 Å². The third-order valence-corrected chi connectivity index (χ3v) is 4.47. The number of rotatable bonds is 5. The summed E-state index contributed by atoms with van der Waals surface area (Å²) in [6.45, 7) is 0. The fourth-order valence-corrected chi connectivity index (χ4v) is 3.31. The Morgan fingerprint density at radius 3 is 2.59 bits per heavy atom. The summed E-state index contributed by atoms with van der Waals surface area (Å²) in [4.78, 5) is 12.5. The largest absolute Gasteiger partial charge is 0.292 e. The summed E-state index contributed by atoms with van der Waals surface area (Å²) in [6.07, 6.45) is 0. The Bertz CT molecular complexity index is 493. The quantitative estimate of drug-likeness (QED) is 0.750. The molecule has 1 heterocycles. The van der Waals surface area contributed by atoms with Gasteiger partial charge < -0.3 is 0 Å². The lowest BCUT2D eigenvalue weighted by atomic mass is 10.2. The van der Waals surface area contributed by atoms with Gasteiger partial charge in [-0.3, -0.25) is 4.79 Å². The second-order valence-electron chi connectivity index (χ2n) is 3.51. The van der Waals surface area contributed by atoms with Crippen LogP contribution in [0.25, 0.3) is 0 Å². The van der Waals surface area contributed by atoms with Crippen molar-refractivity contribution < 1.29 is 4.79 Å². The predicted octanol–water partition coefficient (Wildman–Crippen LogP) is 4.52. The zero-order chi connectivity index (χ0) is 12.1. The van der Waals surface area contributed by atoms with Gasteiger partial charge >= 0.3 is 0 Å². The van der Waals surface area contributed by atoms with E-state index >= 15 is 0 Å². The molecule has 1 aromatic heterocycles. The van der Waals surface area contributed by atoms with Gasteiger partial charge in [0, 0.05) is 5.75 Å². The van der Waals surface area contributed by atoms with Crippen molar-refractivity contribution in [1.29, 1.82) is 0 Å². The van der Waals surface area contributed by atoms with Crippen LogP contribution in [-0.4, -0.2) is 11.5 Å². The molecule has 0 atom stereocenters. The molecule has 88 valence electrons. The van der Waals surface area contributed by atoms with Crippen molar-refractivity contribution in [2.75, 3.05) is 5.75 Å². The molecule has 0 amide bonds. The van der Waals surface area contributed by atoms with Crippen LogP contribution in [0.2, 0.25) is 4.34 Å². The van der Waals surface area contributed by atoms with Crippen molar-refractivity contribution in [1.82, 2.24) is 0 Å². The molecule has 0 saturated heterocycles. The van der Waals surface area contributed by atoms with Crippen molar-refractivity contribution >= 4 is 40.5 Å². The highest BCUT2D eigenvalue weighted by Gasteiger charge is 2.08. The standard InChI is InChI=1S/C13H11ClOS2/c14-13-7-6-12(17-13)11(15)9-16-8-10-4-2-1-3-5-10/h1-7H,8-9H2. The Balaban J connectivity index is 1.81. The van der Waals surface area contributed by atoms with Crippen LogP contribution in [0.15, 0.2) is 42.5 Å². The highest BCUT2D eigenvalue weighted by Crippen LogP contribution is 2.23. The third kappa shape index (κ3) is 3.87. The van der Waals surface area contributed by atoms with E-state index in [0.717, 1.165) is 10.6 Å². The molecule has 0 N–H and O–H groups in total. The number of carbonyl (C=O) groups excluding carboxylic acids is 1. The molecule has 0 unspecified atom stereocenters. The first-order chi connectivity index (χ1) is 8.25. The summed E-state index contributed by atoms with van der Waals surface area (Å²) in [5.74, 6) is 1.53. The molecule has 0 saturated carbocycles. The Morgan fingerprint density at radius 2 is 1.94 bits per heavy atom. The lowest BCUT2D eigenvalue weighted by Crippen LogP contribution is -1.99. The Kier molecular flexibility index (Phi) is 4.66. The number of hydrogen-bond acceptors (Lipinski definition) is 3. The second kappa shape index (κ2) is 6.24. The number of Topliss-reactive ketones (excluding diaryl/α,β-unsaturated/α-hetero) is 1. The van der Waals surface area contributed by atoms with Crippen molar-refractivity contribution in [3.8, 4) is 0 Å². The van der Waals surface area contributed by atoms with Gasteiger partial charge in [0.25, 0.3) is 0 Å². The predicted molar refractivity (Wildman–Crippen MR) is 76.3 cm³/mol. The van der Waals surface area contributed by atoms with E-state index in [2.05, 4.69) is 12.1 Å². The van der Waals surface area contributed by atoms with Crippen LogP contribution in [0.4, 0.5) is 0 Å². The van der Waals surface area contributed by atoms with Gasteiger partial charge in [-0.2, -0.15) is 0 Å². The molecule has 0 spiro atoms. The zero-order valence-electron chi connectivity index (χ0n) is 9.06. The van der Waals surface area contributed by atoms with Gasteiger partial charge in [0.1, 0.15) is 0 Å². The molecule has 17 heavy (non-hydrogen) atoms. The van der Waals surface area contributed by atoms with Crippen molar-refractivity contribution in [3.63, 3.8) is 0 Å². The van der Waals surface area contributed by atoms with Crippen LogP contribution < -0.4 is 0 Å². The lowest BCUT2D eigenvalue weighted by Gasteiger charge is -2.00. The second-order valence-corrected chi connectivity index (χ2v) is 6.21. The molecule has 0 radical (unpaired) electrons. The van der Waals surface area contributed by atoms with Gasteiger partial charge in [-0.05, 0) is 17.7 Å². The van der Waals surface area contributed by atoms with Crippen LogP contribution >= 0.6 is 34.7 Å². The molecular formula is C13H11ClOS2. The molecule has 0 fully saturated rings. The minimum Gasteiger partial charge on any atom is -0.292 e. The Labute approximate surface area is 114 Å². The monoisotopic (exact) mass is 282 g/mol. The maximum absolute atomic E-state index is 11.8. The summed E-state index contributed by atoms with van der Waals surface area (Å²) >= 11 is 8.77. The average Bonchev–Trinajstić information content (AvgIpc) is 2.77. The number of halogens is 1. The normalized spacial score (nSPS) is 10.4. The molecule has 0 aliphatic rings. The lowest BCUT2D eigenvalue weighted by molar-refractivity contribution is 0.102. The van der Waals surface area contributed by atoms with Gasteiger partial charge in [-0.25, -0.2) is 0 Å². The van der Waals surface area contributed by atoms with E-state index in [1.165, 1.54) is 16.9 Å². The van der Waals surface area contributed by atoms with Crippen LogP contribution in [0.5, 0.6) is 0 Å². The van der Waals surface area contributed by atoms with E-state index in [1.807, 2.05) is 18.2 Å². The van der Waals surface area contributed by atoms with E-state index in [0.29, 0.717) is 10.1 Å². The van der Waals surface area contributed by atoms with Crippen LogP contribution in [0.3, 0.4) is 0 Å². The summed E-state index contributed by atoms with van der Waals surface area (Å²) in [5, 5.41) is 0. The molecule has 2 rings (SSSR count). The van der Waals surface area contributed by atoms with E-state index in [-0.39, 0.29) is 5.78 Å². The Hall–Kier alpha value is -0.770. The SMILES string of the molecule is O=C(CSCc1ccccc1)c1ccc(Cl)s1. The fourth-order valence-electron chi connectivity index (χ4n) is 1.37. The number of benzene rings is 1. The summed E-state index contributed by atoms with van der Waals surface area (Å²) in [5.41, 5.74) is 1.24. The summed E-state index contributed by atoms with van der Waals surface area (Å²) in [7, 11) is 0. The molecular weight excluding hydrogens is 272 g/mol. The minimum atomic E-state index is 0.155.